The third-order valence-corrected chi connectivity index (χ3v) is 6.00. The van der Waals surface area contributed by atoms with Gasteiger partial charge in [-0.15, -0.1) is 0 Å². The maximum absolute atomic E-state index is 13.4. The maximum Gasteiger partial charge on any atom is 0.411 e. The van der Waals surface area contributed by atoms with Gasteiger partial charge in [0.25, 0.3) is 5.91 Å². The van der Waals surface area contributed by atoms with Crippen LogP contribution in [-0.4, -0.2) is 88.0 Å². The van der Waals surface area contributed by atoms with Gasteiger partial charge in [0.2, 0.25) is 5.91 Å². The molecule has 3 aliphatic heterocycles. The average Bonchev–Trinajstić information content (AvgIpc) is 3.29. The first-order chi connectivity index (χ1) is 14.0. The Hall–Kier alpha value is -2.32. The lowest BCUT2D eigenvalue weighted by Crippen LogP contribution is -2.77. The van der Waals surface area contributed by atoms with E-state index in [9.17, 15) is 19.2 Å². The first kappa shape index (κ1) is 22.4. The molecule has 0 aromatic heterocycles. The molecule has 3 fully saturated rings. The summed E-state index contributed by atoms with van der Waals surface area (Å²) in [4.78, 5) is 55.5. The third kappa shape index (κ3) is 4.11. The van der Waals surface area contributed by atoms with Crippen molar-refractivity contribution in [1.82, 2.24) is 14.7 Å². The van der Waals surface area contributed by atoms with Gasteiger partial charge in [-0.25, -0.2) is 4.79 Å². The van der Waals surface area contributed by atoms with E-state index in [2.05, 4.69) is 0 Å². The van der Waals surface area contributed by atoms with Crippen molar-refractivity contribution >= 4 is 23.9 Å². The highest BCUT2D eigenvalue weighted by molar-refractivity contribution is 6.00. The Kier molecular flexibility index (Phi) is 6.02. The molecule has 9 heteroatoms. The van der Waals surface area contributed by atoms with Crippen LogP contribution in [0.5, 0.6) is 0 Å². The smallest absolute Gasteiger partial charge is 0.411 e. The minimum atomic E-state index is -0.970. The summed E-state index contributed by atoms with van der Waals surface area (Å²) in [6, 6.07) is -0.883. The summed E-state index contributed by atoms with van der Waals surface area (Å²) in [5.74, 6) is -0.977. The fourth-order valence-electron chi connectivity index (χ4n) is 4.71. The van der Waals surface area contributed by atoms with Gasteiger partial charge in [0.15, 0.2) is 0 Å². The van der Waals surface area contributed by atoms with Crippen LogP contribution in [0.1, 0.15) is 60.3 Å². The molecular weight excluding hydrogens is 390 g/mol. The minimum Gasteiger partial charge on any atom is -0.460 e. The van der Waals surface area contributed by atoms with Gasteiger partial charge < -0.3 is 19.3 Å². The number of hydrogen-bond acceptors (Lipinski definition) is 6. The van der Waals surface area contributed by atoms with Crippen LogP contribution in [0.15, 0.2) is 0 Å². The molecule has 0 N–H and O–H groups in total. The Bertz CT molecular complexity index is 727. The van der Waals surface area contributed by atoms with Gasteiger partial charge in [0.05, 0.1) is 6.54 Å². The fraction of sp³-hybridized carbons (Fsp3) is 0.810. The molecule has 0 aromatic carbocycles. The van der Waals surface area contributed by atoms with Gasteiger partial charge in [-0.3, -0.25) is 19.3 Å². The first-order valence-corrected chi connectivity index (χ1v) is 10.7. The fourth-order valence-corrected chi connectivity index (χ4v) is 4.71. The first-order valence-electron chi connectivity index (χ1n) is 10.7. The van der Waals surface area contributed by atoms with Crippen molar-refractivity contribution in [2.24, 2.45) is 0 Å². The molecule has 0 radical (unpaired) electrons. The van der Waals surface area contributed by atoms with E-state index in [-0.39, 0.29) is 18.4 Å². The van der Waals surface area contributed by atoms with Gasteiger partial charge in [0.1, 0.15) is 23.3 Å². The largest absolute Gasteiger partial charge is 0.460 e. The molecule has 168 valence electrons. The number of β-lactam (4-membered cyclic amide) rings is 1. The molecule has 3 atom stereocenters. The number of amides is 3. The maximum atomic E-state index is 13.4. The summed E-state index contributed by atoms with van der Waals surface area (Å²) in [5, 5.41) is 0. The number of ether oxygens (including phenoxy) is 2. The highest BCUT2D eigenvalue weighted by Gasteiger charge is 2.63. The minimum absolute atomic E-state index is 0.203. The quantitative estimate of drug-likeness (QED) is 0.503. The predicted octanol–water partition coefficient (Wildman–Crippen LogP) is 1.54. The number of carbonyl (C=O) groups is 4. The van der Waals surface area contributed by atoms with Crippen LogP contribution in [0, 0.1) is 0 Å². The standard InChI is InChI=1S/C21H33N3O6/c1-14(29-15(2)25)16(17(26)22-10-6-7-11-22)23-13-21(18(23)27)9-8-12-24(21)19(28)30-20(3,4)5/h14,16H,6-13H2,1-5H3/t14-,16?,21?/m1/s1. The van der Waals surface area contributed by atoms with Crippen LogP contribution in [0.3, 0.4) is 0 Å². The van der Waals surface area contributed by atoms with Crippen LogP contribution >= 0.6 is 0 Å². The highest BCUT2D eigenvalue weighted by Crippen LogP contribution is 2.41. The van der Waals surface area contributed by atoms with E-state index in [1.165, 1.54) is 16.7 Å². The Labute approximate surface area is 177 Å². The van der Waals surface area contributed by atoms with Crippen molar-refractivity contribution in [2.45, 2.75) is 83.6 Å². The van der Waals surface area contributed by atoms with E-state index in [0.29, 0.717) is 32.5 Å². The monoisotopic (exact) mass is 423 g/mol. The number of likely N-dealkylation sites (tertiary alicyclic amines) is 3. The van der Waals surface area contributed by atoms with E-state index in [0.717, 1.165) is 12.8 Å². The molecule has 3 amide bonds. The summed E-state index contributed by atoms with van der Waals surface area (Å²) < 4.78 is 10.8. The van der Waals surface area contributed by atoms with Gasteiger partial charge in [-0.1, -0.05) is 0 Å². The predicted molar refractivity (Wildman–Crippen MR) is 107 cm³/mol. The van der Waals surface area contributed by atoms with Crippen LogP contribution in [0.4, 0.5) is 4.79 Å². The average molecular weight is 424 g/mol. The zero-order valence-electron chi connectivity index (χ0n) is 18.6. The van der Waals surface area contributed by atoms with Gasteiger partial charge in [0, 0.05) is 26.6 Å². The van der Waals surface area contributed by atoms with Crippen molar-refractivity contribution < 1.29 is 28.7 Å². The highest BCUT2D eigenvalue weighted by atomic mass is 16.6. The van der Waals surface area contributed by atoms with Gasteiger partial charge in [-0.05, 0) is 53.4 Å². The molecule has 3 saturated heterocycles. The van der Waals surface area contributed by atoms with E-state index in [1.807, 2.05) is 0 Å². The lowest BCUT2D eigenvalue weighted by molar-refractivity contribution is -0.178. The molecular formula is C21H33N3O6. The number of nitrogens with zero attached hydrogens (tertiary/aromatic N) is 3. The summed E-state index contributed by atoms with van der Waals surface area (Å²) in [6.45, 7) is 10.2. The number of hydrogen-bond donors (Lipinski definition) is 0. The molecule has 2 unspecified atom stereocenters. The van der Waals surface area contributed by atoms with Crippen LogP contribution in [-0.2, 0) is 23.9 Å². The van der Waals surface area contributed by atoms with Crippen molar-refractivity contribution in [3.63, 3.8) is 0 Å². The van der Waals surface area contributed by atoms with Gasteiger partial charge >= 0.3 is 12.1 Å². The molecule has 0 aromatic rings. The van der Waals surface area contributed by atoms with E-state index in [4.69, 9.17) is 9.47 Å². The second-order valence-electron chi connectivity index (χ2n) is 9.49. The van der Waals surface area contributed by atoms with Gasteiger partial charge in [-0.2, -0.15) is 0 Å². The van der Waals surface area contributed by atoms with Crippen LogP contribution < -0.4 is 0 Å². The normalized spacial score (nSPS) is 25.9. The summed E-state index contributed by atoms with van der Waals surface area (Å²) in [6.07, 6.45) is 1.80. The van der Waals surface area contributed by atoms with Crippen molar-refractivity contribution in [3.8, 4) is 0 Å². The summed E-state index contributed by atoms with van der Waals surface area (Å²) in [5.41, 5.74) is -1.63. The molecule has 9 nitrogen and oxygen atoms in total. The van der Waals surface area contributed by atoms with E-state index in [1.54, 1.807) is 32.6 Å². The molecule has 3 rings (SSSR count). The summed E-state index contributed by atoms with van der Waals surface area (Å²) in [7, 11) is 0. The van der Waals surface area contributed by atoms with Crippen LogP contribution in [0.2, 0.25) is 0 Å². The SMILES string of the molecule is CC(=O)O[C@H](C)C(C(=O)N1CCCC1)N1CC2(CCCN2C(=O)OC(C)(C)C)C1=O. The van der Waals surface area contributed by atoms with Crippen molar-refractivity contribution in [1.29, 1.82) is 0 Å². The second-order valence-corrected chi connectivity index (χ2v) is 9.49. The Balaban J connectivity index is 1.80. The molecule has 0 saturated carbocycles. The van der Waals surface area contributed by atoms with E-state index < -0.39 is 35.3 Å². The molecule has 0 aliphatic carbocycles. The third-order valence-electron chi connectivity index (χ3n) is 6.00. The van der Waals surface area contributed by atoms with Crippen molar-refractivity contribution in [3.05, 3.63) is 0 Å². The van der Waals surface area contributed by atoms with Crippen LogP contribution in [0.25, 0.3) is 0 Å². The Morgan fingerprint density at radius 3 is 2.23 bits per heavy atom. The molecule has 3 heterocycles. The number of esters is 1. The molecule has 3 aliphatic rings. The number of rotatable bonds is 4. The molecule has 30 heavy (non-hydrogen) atoms. The lowest BCUT2D eigenvalue weighted by atomic mass is 9.83. The zero-order chi connectivity index (χ0) is 22.3. The molecule has 0 bridgehead atoms. The Morgan fingerprint density at radius 1 is 1.07 bits per heavy atom. The topological polar surface area (TPSA) is 96.5 Å². The molecule has 1 spiro atoms. The van der Waals surface area contributed by atoms with Crippen molar-refractivity contribution in [2.75, 3.05) is 26.2 Å². The lowest BCUT2D eigenvalue weighted by Gasteiger charge is -2.54. The summed E-state index contributed by atoms with van der Waals surface area (Å²) >= 11 is 0. The number of carbonyl (C=O) groups excluding carboxylic acids is 4. The zero-order valence-corrected chi connectivity index (χ0v) is 18.6. The Morgan fingerprint density at radius 2 is 1.70 bits per heavy atom. The second kappa shape index (κ2) is 8.07. The van der Waals surface area contributed by atoms with E-state index >= 15 is 0 Å².